The lowest BCUT2D eigenvalue weighted by atomic mass is 9.84. The number of aliphatic carboxylic acids is 1. The molecule has 0 bridgehead atoms. The molecule has 0 spiro atoms. The Morgan fingerprint density at radius 2 is 1.66 bits per heavy atom. The zero-order valence-electron chi connectivity index (χ0n) is 17.6. The average molecular weight is 446 g/mol. The van der Waals surface area contributed by atoms with Crippen LogP contribution in [0.5, 0.6) is 0 Å². The van der Waals surface area contributed by atoms with Gasteiger partial charge in [0, 0.05) is 22.3 Å². The molecule has 3 aromatic carbocycles. The molecule has 162 valence electrons. The molecule has 0 aliphatic heterocycles. The number of nitrogens with zero attached hydrogens (tertiary/aromatic N) is 1. The number of fused-ring (bicyclic) bond motifs is 2. The first-order valence-corrected chi connectivity index (χ1v) is 11.4. The molecule has 0 saturated heterocycles. The summed E-state index contributed by atoms with van der Waals surface area (Å²) in [6, 6.07) is 20.9. The van der Waals surface area contributed by atoms with Crippen molar-refractivity contribution in [1.82, 2.24) is 4.57 Å². The van der Waals surface area contributed by atoms with Gasteiger partial charge in [-0.05, 0) is 60.2 Å². The molecule has 1 aliphatic carbocycles. The Kier molecular flexibility index (Phi) is 5.48. The maximum absolute atomic E-state index is 13.0. The van der Waals surface area contributed by atoms with Crippen molar-refractivity contribution in [2.24, 2.45) is 5.92 Å². The molecule has 1 atom stereocenters. The lowest BCUT2D eigenvalue weighted by molar-refractivity contribution is -0.140. The Balaban J connectivity index is 1.56. The highest BCUT2D eigenvalue weighted by molar-refractivity contribution is 6.31. The fourth-order valence-corrected chi connectivity index (χ4v) is 5.36. The summed E-state index contributed by atoms with van der Waals surface area (Å²) in [5.74, 6) is -0.961. The van der Waals surface area contributed by atoms with Crippen LogP contribution in [0.15, 0.2) is 71.5 Å². The minimum absolute atomic E-state index is 0.0226. The molecular weight excluding hydrogens is 422 g/mol. The van der Waals surface area contributed by atoms with Crippen molar-refractivity contribution in [2.45, 2.75) is 38.1 Å². The van der Waals surface area contributed by atoms with Crippen molar-refractivity contribution in [2.75, 3.05) is 0 Å². The van der Waals surface area contributed by atoms with Gasteiger partial charge in [0.25, 0.3) is 0 Å². The molecular formula is C27H24ClNO3. The second kappa shape index (κ2) is 8.44. The molecule has 1 fully saturated rings. The second-order valence-electron chi connectivity index (χ2n) is 8.70. The highest BCUT2D eigenvalue weighted by Crippen LogP contribution is 2.37. The van der Waals surface area contributed by atoms with Gasteiger partial charge in [-0.2, -0.15) is 0 Å². The van der Waals surface area contributed by atoms with Gasteiger partial charge in [0.05, 0.1) is 17.0 Å². The number of carbonyl (C=O) groups is 1. The van der Waals surface area contributed by atoms with Gasteiger partial charge in [-0.25, -0.2) is 0 Å². The minimum Gasteiger partial charge on any atom is -0.481 e. The van der Waals surface area contributed by atoms with E-state index in [4.69, 9.17) is 11.6 Å². The van der Waals surface area contributed by atoms with Gasteiger partial charge < -0.3 is 9.67 Å². The topological polar surface area (TPSA) is 59.3 Å². The summed E-state index contributed by atoms with van der Waals surface area (Å²) < 4.78 is 2.13. The van der Waals surface area contributed by atoms with Gasteiger partial charge in [-0.1, -0.05) is 60.8 Å². The number of benzene rings is 3. The standard InChI is InChI=1S/C27H24ClNO3/c28-20-13-14-24-22(15-20)26(30)21-7-3-4-8-23(21)29(24)16-17-9-11-19(12-10-17)25(27(31)32)18-5-1-2-6-18/h3-4,7-15,18,25H,1-2,5-6,16H2,(H,31,32). The van der Waals surface area contributed by atoms with Crippen molar-refractivity contribution >= 4 is 39.4 Å². The molecule has 1 N–H and O–H groups in total. The van der Waals surface area contributed by atoms with Crippen LogP contribution in [-0.2, 0) is 11.3 Å². The number of rotatable bonds is 5. The maximum Gasteiger partial charge on any atom is 0.311 e. The van der Waals surface area contributed by atoms with E-state index in [0.29, 0.717) is 22.3 Å². The number of pyridine rings is 1. The molecule has 1 saturated carbocycles. The molecule has 4 nitrogen and oxygen atoms in total. The highest BCUT2D eigenvalue weighted by Gasteiger charge is 2.31. The van der Waals surface area contributed by atoms with E-state index in [1.807, 2.05) is 54.6 Å². The summed E-state index contributed by atoms with van der Waals surface area (Å²) in [7, 11) is 0. The summed E-state index contributed by atoms with van der Waals surface area (Å²) in [6.07, 6.45) is 4.19. The smallest absolute Gasteiger partial charge is 0.311 e. The third-order valence-corrected chi connectivity index (χ3v) is 6.99. The van der Waals surface area contributed by atoms with Gasteiger partial charge in [-0.15, -0.1) is 0 Å². The molecule has 1 aliphatic rings. The Bertz CT molecular complexity index is 1370. The zero-order valence-corrected chi connectivity index (χ0v) is 18.4. The predicted octanol–water partition coefficient (Wildman–Crippen LogP) is 6.21. The van der Waals surface area contributed by atoms with Crippen LogP contribution in [0.3, 0.4) is 0 Å². The van der Waals surface area contributed by atoms with Crippen LogP contribution >= 0.6 is 11.6 Å². The summed E-state index contributed by atoms with van der Waals surface area (Å²) >= 11 is 6.18. The Labute approximate surface area is 191 Å². The molecule has 32 heavy (non-hydrogen) atoms. The largest absolute Gasteiger partial charge is 0.481 e. The maximum atomic E-state index is 13.0. The summed E-state index contributed by atoms with van der Waals surface area (Å²) in [5.41, 5.74) is 3.59. The van der Waals surface area contributed by atoms with Gasteiger partial charge in [0.1, 0.15) is 0 Å². The number of carboxylic acid groups (broad SMARTS) is 1. The number of para-hydroxylation sites is 1. The molecule has 0 amide bonds. The van der Waals surface area contributed by atoms with Crippen LogP contribution in [0, 0.1) is 5.92 Å². The van der Waals surface area contributed by atoms with E-state index in [1.165, 1.54) is 0 Å². The first-order valence-electron chi connectivity index (χ1n) is 11.1. The van der Waals surface area contributed by atoms with E-state index >= 15 is 0 Å². The van der Waals surface area contributed by atoms with Gasteiger partial charge in [-0.3, -0.25) is 9.59 Å². The Hall–Kier alpha value is -3.11. The third kappa shape index (κ3) is 3.69. The Morgan fingerprint density at radius 1 is 0.969 bits per heavy atom. The van der Waals surface area contributed by atoms with E-state index in [1.54, 1.807) is 12.1 Å². The Morgan fingerprint density at radius 3 is 2.38 bits per heavy atom. The van der Waals surface area contributed by atoms with Crippen molar-refractivity contribution in [3.63, 3.8) is 0 Å². The van der Waals surface area contributed by atoms with Gasteiger partial charge in [0.2, 0.25) is 0 Å². The quantitative estimate of drug-likeness (QED) is 0.371. The molecule has 1 heterocycles. The fourth-order valence-electron chi connectivity index (χ4n) is 5.19. The molecule has 1 aromatic heterocycles. The lowest BCUT2D eigenvalue weighted by Crippen LogP contribution is -2.19. The minimum atomic E-state index is -0.737. The lowest BCUT2D eigenvalue weighted by Gasteiger charge is -2.20. The molecule has 5 rings (SSSR count). The van der Waals surface area contributed by atoms with E-state index in [-0.39, 0.29) is 11.3 Å². The molecule has 4 aromatic rings. The zero-order chi connectivity index (χ0) is 22.2. The first kappa shape index (κ1) is 20.8. The van der Waals surface area contributed by atoms with E-state index in [2.05, 4.69) is 4.57 Å². The monoisotopic (exact) mass is 445 g/mol. The normalized spacial score (nSPS) is 15.4. The highest BCUT2D eigenvalue weighted by atomic mass is 35.5. The number of hydrogen-bond acceptors (Lipinski definition) is 2. The van der Waals surface area contributed by atoms with Crippen LogP contribution in [0.4, 0.5) is 0 Å². The summed E-state index contributed by atoms with van der Waals surface area (Å²) in [5, 5.41) is 11.6. The fraction of sp³-hybridized carbons (Fsp3) is 0.259. The van der Waals surface area contributed by atoms with Gasteiger partial charge >= 0.3 is 5.97 Å². The average Bonchev–Trinajstić information content (AvgIpc) is 3.32. The molecule has 5 heteroatoms. The SMILES string of the molecule is O=C(O)C(c1ccc(Cn2c3ccccc3c(=O)c3cc(Cl)ccc32)cc1)C1CCCC1. The number of halogens is 1. The second-order valence-corrected chi connectivity index (χ2v) is 9.13. The van der Waals surface area contributed by atoms with Gasteiger partial charge in [0.15, 0.2) is 5.43 Å². The van der Waals surface area contributed by atoms with E-state index in [0.717, 1.165) is 47.8 Å². The van der Waals surface area contributed by atoms with Crippen LogP contribution in [0.2, 0.25) is 5.02 Å². The third-order valence-electron chi connectivity index (χ3n) is 6.75. The predicted molar refractivity (Wildman–Crippen MR) is 129 cm³/mol. The number of hydrogen-bond donors (Lipinski definition) is 1. The first-order chi connectivity index (χ1) is 15.5. The molecule has 0 radical (unpaired) electrons. The van der Waals surface area contributed by atoms with Crippen LogP contribution in [0.25, 0.3) is 21.8 Å². The number of aromatic nitrogens is 1. The van der Waals surface area contributed by atoms with Crippen LogP contribution in [0.1, 0.15) is 42.7 Å². The van der Waals surface area contributed by atoms with Crippen LogP contribution in [-0.4, -0.2) is 15.6 Å². The van der Waals surface area contributed by atoms with Crippen molar-refractivity contribution in [1.29, 1.82) is 0 Å². The summed E-state index contributed by atoms with van der Waals surface area (Å²) in [6.45, 7) is 0.570. The van der Waals surface area contributed by atoms with E-state index < -0.39 is 11.9 Å². The van der Waals surface area contributed by atoms with Crippen molar-refractivity contribution in [3.05, 3.63) is 93.1 Å². The molecule has 1 unspecified atom stereocenters. The van der Waals surface area contributed by atoms with Crippen molar-refractivity contribution in [3.8, 4) is 0 Å². The van der Waals surface area contributed by atoms with Crippen molar-refractivity contribution < 1.29 is 9.90 Å². The van der Waals surface area contributed by atoms with E-state index in [9.17, 15) is 14.7 Å². The summed E-state index contributed by atoms with van der Waals surface area (Å²) in [4.78, 5) is 25.0. The number of carboxylic acids is 1. The van der Waals surface area contributed by atoms with Crippen LogP contribution < -0.4 is 5.43 Å².